The Kier molecular flexibility index (Phi) is 5.49. The molecule has 6 nitrogen and oxygen atoms in total. The van der Waals surface area contributed by atoms with Crippen molar-refractivity contribution < 1.29 is 18.7 Å². The van der Waals surface area contributed by atoms with E-state index in [2.05, 4.69) is 15.3 Å². The van der Waals surface area contributed by atoms with Gasteiger partial charge in [-0.1, -0.05) is 11.6 Å². The van der Waals surface area contributed by atoms with E-state index >= 15 is 0 Å². The molecule has 2 aromatic carbocycles. The van der Waals surface area contributed by atoms with Gasteiger partial charge in [-0.2, -0.15) is 0 Å². The summed E-state index contributed by atoms with van der Waals surface area (Å²) in [6.07, 6.45) is 3.70. The topological polar surface area (TPSA) is 73.3 Å². The average Bonchev–Trinajstić information content (AvgIpc) is 2.72. The van der Waals surface area contributed by atoms with Crippen molar-refractivity contribution in [1.29, 1.82) is 0 Å². The Morgan fingerprint density at radius 2 is 1.93 bits per heavy atom. The van der Waals surface area contributed by atoms with Crippen LogP contribution >= 0.6 is 11.6 Å². The smallest absolute Gasteiger partial charge is 0.162 e. The molecule has 0 bridgehead atoms. The van der Waals surface area contributed by atoms with E-state index in [4.69, 9.17) is 21.1 Å². The summed E-state index contributed by atoms with van der Waals surface area (Å²) < 4.78 is 25.7. The molecule has 0 unspecified atom stereocenters. The molecule has 3 aromatic rings. The molecule has 0 amide bonds. The van der Waals surface area contributed by atoms with Gasteiger partial charge in [0.2, 0.25) is 0 Å². The van der Waals surface area contributed by atoms with Crippen LogP contribution < -0.4 is 14.8 Å². The van der Waals surface area contributed by atoms with E-state index in [1.165, 1.54) is 24.5 Å². The maximum atomic E-state index is 14.2. The van der Waals surface area contributed by atoms with Crippen LogP contribution in [0.25, 0.3) is 10.9 Å². The monoisotopic (exact) mass is 415 g/mol. The maximum Gasteiger partial charge on any atom is 0.162 e. The van der Waals surface area contributed by atoms with E-state index in [0.29, 0.717) is 58.9 Å². The lowest BCUT2D eigenvalue weighted by Crippen LogP contribution is -2.24. The highest BCUT2D eigenvalue weighted by Gasteiger charge is 2.22. The minimum atomic E-state index is -0.446. The van der Waals surface area contributed by atoms with Gasteiger partial charge in [0.25, 0.3) is 0 Å². The molecule has 1 aromatic heterocycles. The first kappa shape index (κ1) is 19.4. The molecule has 0 atom stereocenters. The standard InChI is InChI=1S/C21H19ClFN3O3/c1-28-19-10-17-15(9-20(19)29-14-5-3-13(27)4-6-14)21(25-11-24-17)26-18-8-12(22)2-7-16(18)23/h2,7-11,14H,3-6H2,1H3,(H,24,25,26). The fraction of sp³-hybridized carbons (Fsp3) is 0.286. The Morgan fingerprint density at radius 3 is 2.69 bits per heavy atom. The molecule has 1 fully saturated rings. The molecular formula is C21H19ClFN3O3. The third kappa shape index (κ3) is 4.24. The molecule has 1 heterocycles. The van der Waals surface area contributed by atoms with E-state index in [1.807, 2.05) is 0 Å². The maximum absolute atomic E-state index is 14.2. The van der Waals surface area contributed by atoms with Crippen molar-refractivity contribution in [3.8, 4) is 11.5 Å². The number of nitrogens with one attached hydrogen (secondary N) is 1. The molecular weight excluding hydrogens is 397 g/mol. The number of hydrogen-bond acceptors (Lipinski definition) is 6. The van der Waals surface area contributed by atoms with E-state index < -0.39 is 5.82 Å². The molecule has 1 aliphatic carbocycles. The summed E-state index contributed by atoms with van der Waals surface area (Å²) in [6, 6.07) is 7.78. The average molecular weight is 416 g/mol. The summed E-state index contributed by atoms with van der Waals surface area (Å²) in [4.78, 5) is 20.0. The normalized spacial score (nSPS) is 14.8. The Balaban J connectivity index is 1.70. The molecule has 1 saturated carbocycles. The Morgan fingerprint density at radius 1 is 1.14 bits per heavy atom. The molecule has 150 valence electrons. The van der Waals surface area contributed by atoms with E-state index in [1.54, 1.807) is 19.2 Å². The van der Waals surface area contributed by atoms with Crippen LogP contribution in [-0.4, -0.2) is 29.0 Å². The lowest BCUT2D eigenvalue weighted by molar-refractivity contribution is -0.121. The molecule has 29 heavy (non-hydrogen) atoms. The van der Waals surface area contributed by atoms with Crippen LogP contribution in [-0.2, 0) is 4.79 Å². The van der Waals surface area contributed by atoms with E-state index in [9.17, 15) is 9.18 Å². The highest BCUT2D eigenvalue weighted by atomic mass is 35.5. The van der Waals surface area contributed by atoms with Crippen molar-refractivity contribution in [2.75, 3.05) is 12.4 Å². The van der Waals surface area contributed by atoms with Gasteiger partial charge in [-0.25, -0.2) is 14.4 Å². The van der Waals surface area contributed by atoms with Gasteiger partial charge in [0.05, 0.1) is 24.4 Å². The molecule has 0 radical (unpaired) electrons. The number of benzene rings is 2. The van der Waals surface area contributed by atoms with Gasteiger partial charge >= 0.3 is 0 Å². The van der Waals surface area contributed by atoms with Crippen molar-refractivity contribution in [3.63, 3.8) is 0 Å². The predicted octanol–water partition coefficient (Wildman–Crippen LogP) is 5.07. The second-order valence-electron chi connectivity index (χ2n) is 6.85. The SMILES string of the molecule is COc1cc2ncnc(Nc3cc(Cl)ccc3F)c2cc1OC1CCC(=O)CC1. The van der Waals surface area contributed by atoms with E-state index in [0.717, 1.165) is 0 Å². The summed E-state index contributed by atoms with van der Waals surface area (Å²) in [5.74, 6) is 1.30. The Labute approximate surface area is 172 Å². The highest BCUT2D eigenvalue weighted by Crippen LogP contribution is 2.37. The molecule has 1 N–H and O–H groups in total. The van der Waals surface area contributed by atoms with Crippen LogP contribution in [0.1, 0.15) is 25.7 Å². The van der Waals surface area contributed by atoms with Gasteiger partial charge in [-0.15, -0.1) is 0 Å². The van der Waals surface area contributed by atoms with Crippen LogP contribution in [0.15, 0.2) is 36.7 Å². The number of ether oxygens (including phenoxy) is 2. The number of methoxy groups -OCH3 is 1. The number of carbonyl (C=O) groups excluding carboxylic acids is 1. The zero-order chi connectivity index (χ0) is 20.4. The Bertz CT molecular complexity index is 1070. The van der Waals surface area contributed by atoms with Crippen molar-refractivity contribution in [2.24, 2.45) is 0 Å². The van der Waals surface area contributed by atoms with Gasteiger partial charge in [-0.3, -0.25) is 4.79 Å². The third-order valence-electron chi connectivity index (χ3n) is 4.89. The fourth-order valence-electron chi connectivity index (χ4n) is 3.35. The number of Topliss-reactive ketones (excluding diaryl/α,β-unsaturated/α-hetero) is 1. The summed E-state index contributed by atoms with van der Waals surface area (Å²) >= 11 is 5.98. The van der Waals surface area contributed by atoms with Crippen molar-refractivity contribution in [2.45, 2.75) is 31.8 Å². The second-order valence-corrected chi connectivity index (χ2v) is 7.28. The van der Waals surface area contributed by atoms with Crippen molar-refractivity contribution >= 4 is 39.8 Å². The number of halogens is 2. The van der Waals surface area contributed by atoms with Gasteiger partial charge in [0.15, 0.2) is 11.5 Å². The van der Waals surface area contributed by atoms with Gasteiger partial charge in [0, 0.05) is 29.3 Å². The number of aromatic nitrogens is 2. The lowest BCUT2D eigenvalue weighted by atomic mass is 9.96. The number of hydrogen-bond donors (Lipinski definition) is 1. The number of ketones is 1. The number of rotatable bonds is 5. The largest absolute Gasteiger partial charge is 0.493 e. The third-order valence-corrected chi connectivity index (χ3v) is 5.12. The highest BCUT2D eigenvalue weighted by molar-refractivity contribution is 6.30. The first-order valence-electron chi connectivity index (χ1n) is 9.26. The predicted molar refractivity (Wildman–Crippen MR) is 109 cm³/mol. The van der Waals surface area contributed by atoms with Crippen molar-refractivity contribution in [3.05, 3.63) is 47.5 Å². The number of anilines is 2. The van der Waals surface area contributed by atoms with Gasteiger partial charge < -0.3 is 14.8 Å². The first-order valence-corrected chi connectivity index (χ1v) is 9.64. The van der Waals surface area contributed by atoms with Crippen LogP contribution in [0, 0.1) is 5.82 Å². The summed E-state index contributed by atoms with van der Waals surface area (Å²) in [5.41, 5.74) is 0.828. The minimum Gasteiger partial charge on any atom is -0.493 e. The van der Waals surface area contributed by atoms with Crippen LogP contribution in [0.3, 0.4) is 0 Å². The van der Waals surface area contributed by atoms with Crippen molar-refractivity contribution in [1.82, 2.24) is 9.97 Å². The zero-order valence-corrected chi connectivity index (χ0v) is 16.5. The zero-order valence-electron chi connectivity index (χ0n) is 15.7. The fourth-order valence-corrected chi connectivity index (χ4v) is 3.52. The van der Waals surface area contributed by atoms with Gasteiger partial charge in [-0.05, 0) is 37.1 Å². The van der Waals surface area contributed by atoms with Gasteiger partial charge in [0.1, 0.15) is 23.7 Å². The molecule has 0 saturated heterocycles. The molecule has 1 aliphatic rings. The summed E-state index contributed by atoms with van der Waals surface area (Å²) in [5, 5.41) is 4.03. The summed E-state index contributed by atoms with van der Waals surface area (Å²) in [6.45, 7) is 0. The second kappa shape index (κ2) is 8.21. The molecule has 8 heteroatoms. The lowest BCUT2D eigenvalue weighted by Gasteiger charge is -2.23. The van der Waals surface area contributed by atoms with E-state index in [-0.39, 0.29) is 17.6 Å². The van der Waals surface area contributed by atoms with Crippen LogP contribution in [0.4, 0.5) is 15.9 Å². The molecule has 0 spiro atoms. The Hall–Kier alpha value is -2.93. The minimum absolute atomic E-state index is 0.0644. The summed E-state index contributed by atoms with van der Waals surface area (Å²) in [7, 11) is 1.56. The van der Waals surface area contributed by atoms with Crippen LogP contribution in [0.2, 0.25) is 5.02 Å². The molecule has 0 aliphatic heterocycles. The number of carbonyl (C=O) groups is 1. The number of fused-ring (bicyclic) bond motifs is 1. The quantitative estimate of drug-likeness (QED) is 0.627. The first-order chi connectivity index (χ1) is 14.0. The van der Waals surface area contributed by atoms with Crippen LogP contribution in [0.5, 0.6) is 11.5 Å². The number of nitrogens with zero attached hydrogens (tertiary/aromatic N) is 2. The molecule has 4 rings (SSSR count).